The lowest BCUT2D eigenvalue weighted by atomic mass is 10.2. The van der Waals surface area contributed by atoms with Crippen molar-refractivity contribution in [1.29, 1.82) is 0 Å². The molecule has 0 bridgehead atoms. The van der Waals surface area contributed by atoms with Gasteiger partial charge in [-0.25, -0.2) is 0 Å². The van der Waals surface area contributed by atoms with Crippen LogP contribution in [0.5, 0.6) is 0 Å². The van der Waals surface area contributed by atoms with E-state index in [9.17, 15) is 4.21 Å². The first-order valence-corrected chi connectivity index (χ1v) is 7.19. The fourth-order valence-electron chi connectivity index (χ4n) is 1.43. The summed E-state index contributed by atoms with van der Waals surface area (Å²) in [5, 5.41) is 0.640. The van der Waals surface area contributed by atoms with Gasteiger partial charge in [0.25, 0.3) is 0 Å². The van der Waals surface area contributed by atoms with Gasteiger partial charge in [-0.3, -0.25) is 4.21 Å². The molecule has 0 aromatic heterocycles. The van der Waals surface area contributed by atoms with Gasteiger partial charge in [0, 0.05) is 21.7 Å². The monoisotopic (exact) mass is 259 g/mol. The van der Waals surface area contributed by atoms with Crippen molar-refractivity contribution in [3.05, 3.63) is 29.3 Å². The van der Waals surface area contributed by atoms with Gasteiger partial charge < -0.3 is 5.73 Å². The third-order valence-corrected chi connectivity index (χ3v) is 3.97. The number of hydrogen-bond donors (Lipinski definition) is 1. The molecule has 0 spiro atoms. The molecule has 90 valence electrons. The van der Waals surface area contributed by atoms with Crippen LogP contribution in [0.2, 0.25) is 5.02 Å². The Hall–Kier alpha value is -0.380. The molecule has 2 nitrogen and oxygen atoms in total. The van der Waals surface area contributed by atoms with Gasteiger partial charge >= 0.3 is 0 Å². The van der Waals surface area contributed by atoms with Gasteiger partial charge in [-0.05, 0) is 38.0 Å². The number of halogens is 1. The fraction of sp³-hybridized carbons (Fsp3) is 0.500. The van der Waals surface area contributed by atoms with E-state index in [0.717, 1.165) is 24.2 Å². The molecule has 0 heterocycles. The van der Waals surface area contributed by atoms with E-state index in [0.29, 0.717) is 10.8 Å². The van der Waals surface area contributed by atoms with Crippen LogP contribution in [-0.2, 0) is 10.8 Å². The van der Waals surface area contributed by atoms with Crippen LogP contribution in [0, 0.1) is 0 Å². The Balaban J connectivity index is 2.35. The minimum atomic E-state index is -0.934. The van der Waals surface area contributed by atoms with Gasteiger partial charge in [0.1, 0.15) is 0 Å². The van der Waals surface area contributed by atoms with Crippen LogP contribution in [-0.4, -0.2) is 16.0 Å². The second-order valence-electron chi connectivity index (χ2n) is 3.98. The molecular formula is C12H18ClNOS. The molecule has 1 rings (SSSR count). The molecule has 2 unspecified atom stereocenters. The van der Waals surface area contributed by atoms with Gasteiger partial charge in [-0.1, -0.05) is 24.1 Å². The molecule has 0 saturated heterocycles. The molecule has 1 aromatic carbocycles. The molecule has 0 saturated carbocycles. The maximum absolute atomic E-state index is 11.9. The quantitative estimate of drug-likeness (QED) is 0.799. The normalized spacial score (nSPS) is 14.7. The van der Waals surface area contributed by atoms with Crippen molar-refractivity contribution < 1.29 is 4.21 Å². The van der Waals surface area contributed by atoms with Crippen LogP contribution in [0.4, 0.5) is 0 Å². The van der Waals surface area contributed by atoms with Crippen LogP contribution >= 0.6 is 11.6 Å². The van der Waals surface area contributed by atoms with Crippen molar-refractivity contribution in [2.75, 3.05) is 5.75 Å². The Labute approximate surface area is 105 Å². The highest BCUT2D eigenvalue weighted by molar-refractivity contribution is 7.85. The first-order valence-electron chi connectivity index (χ1n) is 5.49. The molecule has 2 atom stereocenters. The summed E-state index contributed by atoms with van der Waals surface area (Å²) < 4.78 is 11.9. The minimum Gasteiger partial charge on any atom is -0.328 e. The molecule has 0 radical (unpaired) electrons. The van der Waals surface area contributed by atoms with Gasteiger partial charge in [-0.15, -0.1) is 0 Å². The topological polar surface area (TPSA) is 43.1 Å². The Bertz CT molecular complexity index is 355. The lowest BCUT2D eigenvalue weighted by molar-refractivity contribution is 0.613. The van der Waals surface area contributed by atoms with Gasteiger partial charge in [0.2, 0.25) is 0 Å². The Kier molecular flexibility index (Phi) is 6.03. The predicted molar refractivity (Wildman–Crippen MR) is 70.2 cm³/mol. The van der Waals surface area contributed by atoms with Crippen LogP contribution in [0.3, 0.4) is 0 Å². The molecule has 0 aliphatic heterocycles. The first kappa shape index (κ1) is 13.7. The smallest absolute Gasteiger partial charge is 0.0530 e. The summed E-state index contributed by atoms with van der Waals surface area (Å²) in [5.41, 5.74) is 5.65. The standard InChI is InChI=1S/C12H18ClNOS/c1-10(14)5-2-3-8-16(15)12-7-4-6-11(13)9-12/h4,6-7,9-10H,2-3,5,8,14H2,1H3. The molecule has 1 aromatic rings. The average Bonchev–Trinajstić information content (AvgIpc) is 2.24. The highest BCUT2D eigenvalue weighted by Crippen LogP contribution is 2.15. The maximum Gasteiger partial charge on any atom is 0.0530 e. The summed E-state index contributed by atoms with van der Waals surface area (Å²) in [6.45, 7) is 1.99. The second kappa shape index (κ2) is 7.05. The molecule has 0 aliphatic rings. The largest absolute Gasteiger partial charge is 0.328 e. The summed E-state index contributed by atoms with van der Waals surface area (Å²) in [6, 6.07) is 7.48. The summed E-state index contributed by atoms with van der Waals surface area (Å²) >= 11 is 5.84. The third kappa shape index (κ3) is 5.10. The van der Waals surface area contributed by atoms with E-state index >= 15 is 0 Å². The van der Waals surface area contributed by atoms with Crippen molar-refractivity contribution >= 4 is 22.4 Å². The summed E-state index contributed by atoms with van der Waals surface area (Å²) in [4.78, 5) is 0.813. The number of unbranched alkanes of at least 4 members (excludes halogenated alkanes) is 1. The zero-order valence-electron chi connectivity index (χ0n) is 9.49. The summed E-state index contributed by atoms with van der Waals surface area (Å²) in [6.07, 6.45) is 2.97. The summed E-state index contributed by atoms with van der Waals surface area (Å²) in [7, 11) is -0.934. The van der Waals surface area contributed by atoms with E-state index in [2.05, 4.69) is 0 Å². The number of nitrogens with two attached hydrogens (primary N) is 1. The molecule has 16 heavy (non-hydrogen) atoms. The van der Waals surface area contributed by atoms with E-state index in [1.165, 1.54) is 0 Å². The zero-order valence-corrected chi connectivity index (χ0v) is 11.1. The molecule has 2 N–H and O–H groups in total. The number of benzene rings is 1. The van der Waals surface area contributed by atoms with E-state index in [4.69, 9.17) is 17.3 Å². The molecular weight excluding hydrogens is 242 g/mol. The average molecular weight is 260 g/mol. The highest BCUT2D eigenvalue weighted by atomic mass is 35.5. The number of rotatable bonds is 6. The van der Waals surface area contributed by atoms with Crippen LogP contribution in [0.25, 0.3) is 0 Å². The Morgan fingerprint density at radius 1 is 1.44 bits per heavy atom. The van der Waals surface area contributed by atoms with Crippen molar-refractivity contribution in [2.45, 2.75) is 37.1 Å². The fourth-order valence-corrected chi connectivity index (χ4v) is 2.87. The Morgan fingerprint density at radius 3 is 2.81 bits per heavy atom. The SMILES string of the molecule is CC(N)CCCCS(=O)c1cccc(Cl)c1. The molecule has 0 aliphatic carbocycles. The van der Waals surface area contributed by atoms with Crippen molar-refractivity contribution in [3.63, 3.8) is 0 Å². The lowest BCUT2D eigenvalue weighted by Gasteiger charge is -2.05. The zero-order chi connectivity index (χ0) is 12.0. The van der Waals surface area contributed by atoms with Crippen molar-refractivity contribution in [1.82, 2.24) is 0 Å². The molecule has 0 fully saturated rings. The van der Waals surface area contributed by atoms with Gasteiger partial charge in [0.15, 0.2) is 0 Å². The van der Waals surface area contributed by atoms with Crippen LogP contribution in [0.1, 0.15) is 26.2 Å². The lowest BCUT2D eigenvalue weighted by Crippen LogP contribution is -2.14. The molecule has 4 heteroatoms. The van der Waals surface area contributed by atoms with Crippen LogP contribution < -0.4 is 5.73 Å². The van der Waals surface area contributed by atoms with E-state index in [1.807, 2.05) is 19.1 Å². The first-order chi connectivity index (χ1) is 7.59. The molecule has 0 amide bonds. The van der Waals surface area contributed by atoms with Crippen LogP contribution in [0.15, 0.2) is 29.2 Å². The van der Waals surface area contributed by atoms with Crippen molar-refractivity contribution in [3.8, 4) is 0 Å². The van der Waals surface area contributed by atoms with E-state index < -0.39 is 10.8 Å². The highest BCUT2D eigenvalue weighted by Gasteiger charge is 2.04. The second-order valence-corrected chi connectivity index (χ2v) is 5.99. The third-order valence-electron chi connectivity index (χ3n) is 2.30. The van der Waals surface area contributed by atoms with Gasteiger partial charge in [0.05, 0.1) is 10.8 Å². The Morgan fingerprint density at radius 2 is 2.19 bits per heavy atom. The summed E-state index contributed by atoms with van der Waals surface area (Å²) in [5.74, 6) is 0.688. The predicted octanol–water partition coefficient (Wildman–Crippen LogP) is 2.97. The van der Waals surface area contributed by atoms with E-state index in [-0.39, 0.29) is 6.04 Å². The minimum absolute atomic E-state index is 0.236. The maximum atomic E-state index is 11.9. The van der Waals surface area contributed by atoms with Crippen molar-refractivity contribution in [2.24, 2.45) is 5.73 Å². The van der Waals surface area contributed by atoms with Gasteiger partial charge in [-0.2, -0.15) is 0 Å². The van der Waals surface area contributed by atoms with E-state index in [1.54, 1.807) is 12.1 Å². The number of hydrogen-bond acceptors (Lipinski definition) is 2.